The molecule has 0 aliphatic rings. The smallest absolute Gasteiger partial charge is 0.220 e. The van der Waals surface area contributed by atoms with Crippen LogP contribution in [-0.2, 0) is 11.3 Å². The van der Waals surface area contributed by atoms with Gasteiger partial charge in [0.05, 0.1) is 6.04 Å². The predicted octanol–water partition coefficient (Wildman–Crippen LogP) is 3.21. The van der Waals surface area contributed by atoms with E-state index in [0.717, 1.165) is 30.9 Å². The van der Waals surface area contributed by atoms with E-state index in [1.54, 1.807) is 0 Å². The van der Waals surface area contributed by atoms with Crippen molar-refractivity contribution in [1.82, 2.24) is 24.5 Å². The molecule has 1 amide bonds. The minimum absolute atomic E-state index is 0.0606. The molecule has 0 saturated heterocycles. The van der Waals surface area contributed by atoms with Gasteiger partial charge in [0.25, 0.3) is 0 Å². The molecule has 3 rings (SSSR count). The molecule has 0 aromatic carbocycles. The Labute approximate surface area is 147 Å². The number of aromatic nitrogens is 4. The van der Waals surface area contributed by atoms with Crippen LogP contribution >= 0.6 is 0 Å². The monoisotopic (exact) mass is 339 g/mol. The van der Waals surface area contributed by atoms with Gasteiger partial charge in [0.15, 0.2) is 11.5 Å². The molecular weight excluding hydrogens is 314 g/mol. The van der Waals surface area contributed by atoms with Crippen molar-refractivity contribution in [3.05, 3.63) is 54.7 Å². The topological polar surface area (TPSA) is 64.2 Å². The predicted molar refractivity (Wildman–Crippen MR) is 97.0 cm³/mol. The van der Waals surface area contributed by atoms with Crippen molar-refractivity contribution in [3.8, 4) is 0 Å². The second-order valence-electron chi connectivity index (χ2n) is 6.76. The largest absolute Gasteiger partial charge is 0.354 e. The zero-order chi connectivity index (χ0) is 17.6. The molecule has 6 nitrogen and oxygen atoms in total. The van der Waals surface area contributed by atoms with Gasteiger partial charge in [-0.25, -0.2) is 0 Å². The van der Waals surface area contributed by atoms with E-state index in [9.17, 15) is 4.79 Å². The number of carbonyl (C=O) groups excluding carboxylic acids is 1. The van der Waals surface area contributed by atoms with E-state index in [-0.39, 0.29) is 11.9 Å². The Kier molecular flexibility index (Phi) is 5.48. The van der Waals surface area contributed by atoms with Crippen LogP contribution in [0.1, 0.15) is 45.0 Å². The van der Waals surface area contributed by atoms with E-state index in [4.69, 9.17) is 0 Å². The number of aryl methyl sites for hydroxylation is 1. The first kappa shape index (κ1) is 17.2. The van der Waals surface area contributed by atoms with Crippen LogP contribution in [0.5, 0.6) is 0 Å². The molecule has 0 fully saturated rings. The molecule has 0 saturated carbocycles. The van der Waals surface area contributed by atoms with Crippen LogP contribution < -0.4 is 5.32 Å². The van der Waals surface area contributed by atoms with Gasteiger partial charge in [0.1, 0.15) is 0 Å². The van der Waals surface area contributed by atoms with E-state index < -0.39 is 0 Å². The highest BCUT2D eigenvalue weighted by Gasteiger charge is 2.21. The summed E-state index contributed by atoms with van der Waals surface area (Å²) in [7, 11) is 0. The summed E-state index contributed by atoms with van der Waals surface area (Å²) in [6.07, 6.45) is 8.12. The summed E-state index contributed by atoms with van der Waals surface area (Å²) in [5.41, 5.74) is 0.799. The highest BCUT2D eigenvalue weighted by molar-refractivity contribution is 5.76. The SMILES string of the molecule is CC(C)C[C@H](NC(=O)CCCn1cccc1)c1nnc2ccccn12. The molecule has 0 radical (unpaired) electrons. The molecule has 3 aromatic heterocycles. The van der Waals surface area contributed by atoms with E-state index in [2.05, 4.69) is 33.9 Å². The second kappa shape index (κ2) is 7.96. The third-order valence-electron chi connectivity index (χ3n) is 4.18. The fourth-order valence-corrected chi connectivity index (χ4v) is 3.01. The minimum Gasteiger partial charge on any atom is -0.354 e. The zero-order valence-corrected chi connectivity index (χ0v) is 14.8. The van der Waals surface area contributed by atoms with Crippen LogP contribution in [-0.4, -0.2) is 25.1 Å². The van der Waals surface area contributed by atoms with Crippen molar-refractivity contribution in [2.75, 3.05) is 0 Å². The first-order valence-electron chi connectivity index (χ1n) is 8.83. The first-order chi connectivity index (χ1) is 12.1. The van der Waals surface area contributed by atoms with Crippen LogP contribution in [0.4, 0.5) is 0 Å². The van der Waals surface area contributed by atoms with Crippen LogP contribution in [0.25, 0.3) is 5.65 Å². The van der Waals surface area contributed by atoms with Crippen molar-refractivity contribution in [2.45, 2.75) is 45.7 Å². The lowest BCUT2D eigenvalue weighted by molar-refractivity contribution is -0.122. The van der Waals surface area contributed by atoms with E-state index in [0.29, 0.717) is 12.3 Å². The lowest BCUT2D eigenvalue weighted by Crippen LogP contribution is -2.30. The molecule has 25 heavy (non-hydrogen) atoms. The Hall–Kier alpha value is -2.63. The van der Waals surface area contributed by atoms with Crippen molar-refractivity contribution < 1.29 is 4.79 Å². The van der Waals surface area contributed by atoms with E-state index >= 15 is 0 Å². The minimum atomic E-state index is -0.128. The Morgan fingerprint density at radius 1 is 1.12 bits per heavy atom. The van der Waals surface area contributed by atoms with Crippen molar-refractivity contribution in [3.63, 3.8) is 0 Å². The molecule has 3 heterocycles. The quantitative estimate of drug-likeness (QED) is 0.685. The van der Waals surface area contributed by atoms with Gasteiger partial charge in [-0.05, 0) is 43.0 Å². The summed E-state index contributed by atoms with van der Waals surface area (Å²) in [4.78, 5) is 12.4. The number of rotatable bonds is 8. The highest BCUT2D eigenvalue weighted by atomic mass is 16.1. The maximum atomic E-state index is 12.4. The van der Waals surface area contributed by atoms with E-state index in [1.165, 1.54) is 0 Å². The molecule has 0 bridgehead atoms. The molecule has 3 aromatic rings. The van der Waals surface area contributed by atoms with Gasteiger partial charge in [-0.15, -0.1) is 10.2 Å². The maximum absolute atomic E-state index is 12.4. The fourth-order valence-electron chi connectivity index (χ4n) is 3.01. The number of nitrogens with zero attached hydrogens (tertiary/aromatic N) is 4. The zero-order valence-electron chi connectivity index (χ0n) is 14.8. The lowest BCUT2D eigenvalue weighted by atomic mass is 10.0. The molecule has 6 heteroatoms. The molecule has 0 spiro atoms. The summed E-state index contributed by atoms with van der Waals surface area (Å²) < 4.78 is 4.04. The van der Waals surface area contributed by atoms with Crippen LogP contribution in [0.2, 0.25) is 0 Å². The summed E-state index contributed by atoms with van der Waals surface area (Å²) in [5, 5.41) is 11.7. The average Bonchev–Trinajstić information content (AvgIpc) is 3.23. The number of carbonyl (C=O) groups is 1. The number of nitrogens with one attached hydrogen (secondary N) is 1. The Bertz CT molecular complexity index is 806. The van der Waals surface area contributed by atoms with Crippen LogP contribution in [0.3, 0.4) is 0 Å². The molecule has 1 atom stereocenters. The third-order valence-corrected chi connectivity index (χ3v) is 4.18. The summed E-state index contributed by atoms with van der Waals surface area (Å²) >= 11 is 0. The van der Waals surface area contributed by atoms with Crippen LogP contribution in [0, 0.1) is 5.92 Å². The summed E-state index contributed by atoms with van der Waals surface area (Å²) in [6.45, 7) is 5.14. The van der Waals surface area contributed by atoms with E-state index in [1.807, 2.05) is 53.3 Å². The van der Waals surface area contributed by atoms with Gasteiger partial charge in [0, 0.05) is 31.6 Å². The molecule has 0 aliphatic heterocycles. The Morgan fingerprint density at radius 3 is 2.64 bits per heavy atom. The normalized spacial score (nSPS) is 12.6. The van der Waals surface area contributed by atoms with Gasteiger partial charge < -0.3 is 9.88 Å². The molecular formula is C19H25N5O. The maximum Gasteiger partial charge on any atom is 0.220 e. The first-order valence-corrected chi connectivity index (χ1v) is 8.83. The number of amides is 1. The highest BCUT2D eigenvalue weighted by Crippen LogP contribution is 2.20. The van der Waals surface area contributed by atoms with Gasteiger partial charge in [-0.1, -0.05) is 19.9 Å². The van der Waals surface area contributed by atoms with Gasteiger partial charge in [-0.2, -0.15) is 0 Å². The van der Waals surface area contributed by atoms with Crippen molar-refractivity contribution in [2.24, 2.45) is 5.92 Å². The van der Waals surface area contributed by atoms with Crippen molar-refractivity contribution in [1.29, 1.82) is 0 Å². The van der Waals surface area contributed by atoms with Crippen molar-refractivity contribution >= 4 is 11.6 Å². The number of hydrogen-bond donors (Lipinski definition) is 1. The Balaban J connectivity index is 1.65. The number of hydrogen-bond acceptors (Lipinski definition) is 3. The molecule has 132 valence electrons. The Morgan fingerprint density at radius 2 is 1.88 bits per heavy atom. The average molecular weight is 339 g/mol. The molecule has 0 aliphatic carbocycles. The van der Waals surface area contributed by atoms with Gasteiger partial charge in [0.2, 0.25) is 5.91 Å². The summed E-state index contributed by atoms with van der Waals surface area (Å²) in [5.74, 6) is 1.30. The summed E-state index contributed by atoms with van der Waals surface area (Å²) in [6, 6.07) is 9.67. The third kappa shape index (κ3) is 4.47. The number of fused-ring (bicyclic) bond motifs is 1. The fraction of sp³-hybridized carbons (Fsp3) is 0.421. The van der Waals surface area contributed by atoms with Gasteiger partial charge in [-0.3, -0.25) is 9.20 Å². The molecule has 1 N–H and O–H groups in total. The molecule has 0 unspecified atom stereocenters. The second-order valence-corrected chi connectivity index (χ2v) is 6.76. The van der Waals surface area contributed by atoms with Crippen LogP contribution in [0.15, 0.2) is 48.9 Å². The number of pyridine rings is 1. The van der Waals surface area contributed by atoms with Gasteiger partial charge >= 0.3 is 0 Å². The standard InChI is InChI=1S/C19H25N5O/c1-15(2)14-16(19-22-21-17-8-3-4-13-24(17)19)20-18(25)9-7-12-23-10-5-6-11-23/h3-6,8,10-11,13,15-16H,7,9,12,14H2,1-2H3,(H,20,25)/t16-/m0/s1. The lowest BCUT2D eigenvalue weighted by Gasteiger charge is -2.19.